The van der Waals surface area contributed by atoms with Crippen LogP contribution in [-0.4, -0.2) is 6.04 Å². The van der Waals surface area contributed by atoms with Gasteiger partial charge in [0.15, 0.2) is 10.9 Å². The molecule has 3 aliphatic rings. The van der Waals surface area contributed by atoms with E-state index < -0.39 is 0 Å². The van der Waals surface area contributed by atoms with Crippen molar-refractivity contribution in [3.05, 3.63) is 110 Å². The maximum Gasteiger partial charge on any atom is 0.195 e. The molecule has 0 unspecified atom stereocenters. The molecule has 1 N–H and O–H groups in total. The predicted molar refractivity (Wildman–Crippen MR) is 136 cm³/mol. The molecule has 0 bridgehead atoms. The van der Waals surface area contributed by atoms with Gasteiger partial charge < -0.3 is 5.32 Å². The highest BCUT2D eigenvalue weighted by atomic mass is 16.1. The summed E-state index contributed by atoms with van der Waals surface area (Å²) in [5, 5.41) is 7.26. The van der Waals surface area contributed by atoms with E-state index in [1.54, 1.807) is 0 Å². The van der Waals surface area contributed by atoms with Crippen LogP contribution in [0, 0.1) is 0 Å². The molecule has 0 atom stereocenters. The lowest BCUT2D eigenvalue weighted by Gasteiger charge is -2.26. The molecule has 162 valence electrons. The van der Waals surface area contributed by atoms with Crippen molar-refractivity contribution in [2.75, 3.05) is 0 Å². The van der Waals surface area contributed by atoms with E-state index in [0.29, 0.717) is 27.4 Å². The molecule has 0 spiro atoms. The average Bonchev–Trinajstić information content (AvgIpc) is 2.88. The number of hydrogen-bond donors (Lipinski definition) is 1. The fourth-order valence-corrected chi connectivity index (χ4v) is 5.48. The van der Waals surface area contributed by atoms with Crippen molar-refractivity contribution >= 4 is 27.2 Å². The van der Waals surface area contributed by atoms with E-state index in [0.717, 1.165) is 40.6 Å². The molecule has 3 heteroatoms. The van der Waals surface area contributed by atoms with Crippen LogP contribution in [0.3, 0.4) is 0 Å². The summed E-state index contributed by atoms with van der Waals surface area (Å²) in [6.45, 7) is 0. The second kappa shape index (κ2) is 8.00. The number of rotatable bonds is 3. The maximum absolute atomic E-state index is 13.9. The molecule has 33 heavy (non-hydrogen) atoms. The van der Waals surface area contributed by atoms with Crippen molar-refractivity contribution in [1.29, 1.82) is 0 Å². The van der Waals surface area contributed by atoms with E-state index in [2.05, 4.69) is 17.4 Å². The smallest absolute Gasteiger partial charge is 0.195 e. The van der Waals surface area contributed by atoms with Crippen LogP contribution >= 0.6 is 0 Å². The fourth-order valence-electron chi connectivity index (χ4n) is 5.48. The lowest BCUT2D eigenvalue weighted by atomic mass is 9.87. The molecule has 1 saturated carbocycles. The summed E-state index contributed by atoms with van der Waals surface area (Å²) in [5.74, 6) is 0. The van der Waals surface area contributed by atoms with E-state index in [9.17, 15) is 9.59 Å². The van der Waals surface area contributed by atoms with Crippen LogP contribution in [0.25, 0.3) is 38.4 Å². The van der Waals surface area contributed by atoms with Gasteiger partial charge in [-0.1, -0.05) is 92.1 Å². The minimum absolute atomic E-state index is 0.0107. The fraction of sp³-hybridized carbons (Fsp3) is 0.200. The molecule has 3 aromatic rings. The molecule has 0 aliphatic heterocycles. The van der Waals surface area contributed by atoms with E-state index in [1.807, 2.05) is 66.7 Å². The van der Waals surface area contributed by atoms with Gasteiger partial charge in [-0.05, 0) is 35.4 Å². The molecule has 3 aliphatic carbocycles. The Bertz CT molecular complexity index is 1600. The highest BCUT2D eigenvalue weighted by molar-refractivity contribution is 6.11. The lowest BCUT2D eigenvalue weighted by molar-refractivity contribution is 0.408. The summed E-state index contributed by atoms with van der Waals surface area (Å²) < 4.78 is 0. The second-order valence-electron chi connectivity index (χ2n) is 9.12. The van der Waals surface area contributed by atoms with Gasteiger partial charge in [-0.3, -0.25) is 9.59 Å². The third-order valence-corrected chi connectivity index (χ3v) is 7.10. The number of hydrogen-bond acceptors (Lipinski definition) is 3. The Morgan fingerprint density at radius 3 is 2.06 bits per heavy atom. The first kappa shape index (κ1) is 19.9. The van der Waals surface area contributed by atoms with Crippen molar-refractivity contribution in [2.45, 2.75) is 38.1 Å². The summed E-state index contributed by atoms with van der Waals surface area (Å²) in [7, 11) is 0. The van der Waals surface area contributed by atoms with E-state index >= 15 is 0 Å². The molecule has 0 saturated heterocycles. The Hall–Kier alpha value is -3.72. The molecule has 0 amide bonds. The van der Waals surface area contributed by atoms with Crippen LogP contribution in [0.2, 0.25) is 0 Å². The first-order chi connectivity index (χ1) is 16.2. The van der Waals surface area contributed by atoms with Gasteiger partial charge in [0.1, 0.15) is 0 Å². The zero-order valence-corrected chi connectivity index (χ0v) is 18.4. The van der Waals surface area contributed by atoms with Gasteiger partial charge >= 0.3 is 0 Å². The number of nitrogens with one attached hydrogen (secondary N) is 1. The van der Waals surface area contributed by atoms with Gasteiger partial charge in [0.25, 0.3) is 0 Å². The summed E-state index contributed by atoms with van der Waals surface area (Å²) in [5.41, 5.74) is 3.62. The topological polar surface area (TPSA) is 46.2 Å². The molecule has 0 aromatic heterocycles. The largest absolute Gasteiger partial charge is 0.381 e. The third-order valence-electron chi connectivity index (χ3n) is 7.10. The summed E-state index contributed by atoms with van der Waals surface area (Å²) in [6, 6.07) is 25.8. The van der Waals surface area contributed by atoms with Crippen molar-refractivity contribution in [3.63, 3.8) is 0 Å². The van der Waals surface area contributed by atoms with Crippen molar-refractivity contribution in [1.82, 2.24) is 5.32 Å². The monoisotopic (exact) mass is 431 g/mol. The van der Waals surface area contributed by atoms with Gasteiger partial charge in [0.05, 0.1) is 5.70 Å². The third kappa shape index (κ3) is 3.27. The summed E-state index contributed by atoms with van der Waals surface area (Å²) in [6.07, 6.45) is 5.94. The summed E-state index contributed by atoms with van der Waals surface area (Å²) in [4.78, 5) is 27.1. The molecule has 3 nitrogen and oxygen atoms in total. The van der Waals surface area contributed by atoms with Crippen LogP contribution < -0.4 is 21.4 Å². The first-order valence-corrected chi connectivity index (χ1v) is 11.8. The Morgan fingerprint density at radius 2 is 1.30 bits per heavy atom. The molecular weight excluding hydrogens is 406 g/mol. The average molecular weight is 432 g/mol. The Morgan fingerprint density at radius 1 is 0.667 bits per heavy atom. The van der Waals surface area contributed by atoms with Crippen molar-refractivity contribution in [2.24, 2.45) is 0 Å². The van der Waals surface area contributed by atoms with Crippen molar-refractivity contribution in [3.8, 4) is 11.1 Å². The van der Waals surface area contributed by atoms with E-state index in [1.165, 1.54) is 19.3 Å². The van der Waals surface area contributed by atoms with Gasteiger partial charge in [-0.15, -0.1) is 0 Å². The Balaban J connectivity index is 1.76. The van der Waals surface area contributed by atoms with Gasteiger partial charge in [-0.2, -0.15) is 0 Å². The van der Waals surface area contributed by atoms with E-state index in [-0.39, 0.29) is 10.9 Å². The molecule has 0 radical (unpaired) electrons. The highest BCUT2D eigenvalue weighted by Gasteiger charge is 2.21. The molecule has 0 heterocycles. The van der Waals surface area contributed by atoms with Crippen LogP contribution in [-0.2, 0) is 0 Å². The first-order valence-electron chi connectivity index (χ1n) is 11.8. The summed E-state index contributed by atoms with van der Waals surface area (Å²) >= 11 is 0. The lowest BCUT2D eigenvalue weighted by Crippen LogP contribution is -2.38. The van der Waals surface area contributed by atoms with Gasteiger partial charge in [0, 0.05) is 33.0 Å². The highest BCUT2D eigenvalue weighted by Crippen LogP contribution is 2.34. The quantitative estimate of drug-likeness (QED) is 0.321. The molecule has 1 fully saturated rings. The molecule has 3 aromatic carbocycles. The standard InChI is InChI=1S/C30H25NO2/c32-29-22-15-8-7-14-21(22)25-18-26(30(33)24-17-9-16-23(29)27(24)25)28(19-10-3-1-4-11-19)31-20-12-5-2-6-13-20/h1,3-4,7-11,14-18,20,31H,2,5-6,12-13H2/b28-26-. The Labute approximate surface area is 192 Å². The van der Waals surface area contributed by atoms with Crippen LogP contribution in [0.5, 0.6) is 0 Å². The van der Waals surface area contributed by atoms with E-state index in [4.69, 9.17) is 0 Å². The number of fused-ring (bicyclic) bond motifs is 2. The minimum atomic E-state index is -0.0232. The zero-order valence-electron chi connectivity index (χ0n) is 18.4. The normalized spacial score (nSPS) is 15.9. The van der Waals surface area contributed by atoms with Crippen LogP contribution in [0.15, 0.2) is 88.5 Å². The minimum Gasteiger partial charge on any atom is -0.381 e. The van der Waals surface area contributed by atoms with Crippen LogP contribution in [0.1, 0.15) is 37.7 Å². The molecular formula is C30H25NO2. The van der Waals surface area contributed by atoms with Gasteiger partial charge in [-0.25, -0.2) is 0 Å². The van der Waals surface area contributed by atoms with Crippen LogP contribution in [0.4, 0.5) is 0 Å². The van der Waals surface area contributed by atoms with Crippen molar-refractivity contribution < 1.29 is 0 Å². The zero-order chi connectivity index (χ0) is 22.4. The predicted octanol–water partition coefficient (Wildman–Crippen LogP) is 5.05. The SMILES string of the molecule is O=c1/c(=C(\NC2CCCCC2)c2ccccc2)cc2c3ccccc3c(=O)c3cccc1c3-2. The number of benzene rings is 5. The molecule has 6 rings (SSSR count). The Kier molecular flexibility index (Phi) is 4.83. The van der Waals surface area contributed by atoms with Gasteiger partial charge in [0.2, 0.25) is 0 Å². The maximum atomic E-state index is 13.9. The second-order valence-corrected chi connectivity index (χ2v) is 9.12.